The molecule has 2 saturated heterocycles. The van der Waals surface area contributed by atoms with E-state index >= 15 is 0 Å². The molecule has 0 saturated carbocycles. The van der Waals surface area contributed by atoms with Crippen LogP contribution in [0.3, 0.4) is 0 Å². The van der Waals surface area contributed by atoms with Crippen LogP contribution in [-0.2, 0) is 0 Å². The van der Waals surface area contributed by atoms with Gasteiger partial charge in [0.05, 0.1) is 10.7 Å². The number of fused-ring (bicyclic) bond motifs is 4. The highest BCUT2D eigenvalue weighted by Crippen LogP contribution is 2.27. The highest BCUT2D eigenvalue weighted by atomic mass is 35.5. The first-order chi connectivity index (χ1) is 18.2. The highest BCUT2D eigenvalue weighted by Gasteiger charge is 2.30. The van der Waals surface area contributed by atoms with Gasteiger partial charge in [-0.15, -0.1) is 0 Å². The molecule has 0 spiro atoms. The molecule has 0 amide bonds. The second kappa shape index (κ2) is 8.86. The Balaban J connectivity index is 1.20. The van der Waals surface area contributed by atoms with Crippen LogP contribution in [0.15, 0.2) is 71.9 Å². The first kappa shape index (κ1) is 22.3. The number of rotatable bonds is 4. The van der Waals surface area contributed by atoms with Gasteiger partial charge in [-0.25, -0.2) is 14.5 Å². The van der Waals surface area contributed by atoms with E-state index in [0.29, 0.717) is 39.5 Å². The molecule has 3 aromatic heterocycles. The standard InChI is InChI=1S/C27H25ClN8O/c28-22-5-1-2-6-23(22)36-25(37)21-16-30-26(32-24(21)35-13-11-29-27(35)36)31-18-7-9-19(10-8-18)34-15-14-33-12-3-4-20(33)17-34/h1-2,5-11,13,16,20H,3-4,12,14-15,17H2,(H,30,31,32)/t20-/m1/s1. The lowest BCUT2D eigenvalue weighted by Gasteiger charge is -2.38. The summed E-state index contributed by atoms with van der Waals surface area (Å²) in [6, 6.07) is 16.3. The number of halogens is 1. The Morgan fingerprint density at radius 2 is 1.86 bits per heavy atom. The van der Waals surface area contributed by atoms with Crippen LogP contribution in [-0.4, -0.2) is 61.0 Å². The minimum Gasteiger partial charge on any atom is -0.369 e. The second-order valence-electron chi connectivity index (χ2n) is 9.57. The van der Waals surface area contributed by atoms with Gasteiger partial charge in [-0.3, -0.25) is 14.1 Å². The molecule has 1 atom stereocenters. The van der Waals surface area contributed by atoms with E-state index in [4.69, 9.17) is 11.6 Å². The zero-order chi connectivity index (χ0) is 24.9. The number of nitrogens with one attached hydrogen (secondary N) is 1. The van der Waals surface area contributed by atoms with E-state index in [1.807, 2.05) is 24.3 Å². The molecule has 5 aromatic rings. The molecular weight excluding hydrogens is 488 g/mol. The third-order valence-corrected chi connectivity index (χ3v) is 7.74. The zero-order valence-corrected chi connectivity index (χ0v) is 20.8. The number of benzene rings is 2. The number of nitrogens with zero attached hydrogens (tertiary/aromatic N) is 7. The average Bonchev–Trinajstić information content (AvgIpc) is 3.60. The maximum atomic E-state index is 13.5. The molecule has 0 bridgehead atoms. The van der Waals surface area contributed by atoms with Gasteiger partial charge < -0.3 is 10.2 Å². The summed E-state index contributed by atoms with van der Waals surface area (Å²) in [5.74, 6) is 0.840. The van der Waals surface area contributed by atoms with E-state index in [1.54, 1.807) is 35.1 Å². The topological polar surface area (TPSA) is 83.6 Å². The number of anilines is 3. The number of imidazole rings is 1. The summed E-state index contributed by atoms with van der Waals surface area (Å²) in [4.78, 5) is 32.1. The van der Waals surface area contributed by atoms with E-state index in [-0.39, 0.29) is 5.56 Å². The van der Waals surface area contributed by atoms with Crippen molar-refractivity contribution >= 4 is 45.7 Å². The fourth-order valence-electron chi connectivity index (χ4n) is 5.57. The summed E-state index contributed by atoms with van der Waals surface area (Å²) in [7, 11) is 0. The molecule has 10 heteroatoms. The van der Waals surface area contributed by atoms with Crippen molar-refractivity contribution in [2.45, 2.75) is 18.9 Å². The van der Waals surface area contributed by atoms with Crippen molar-refractivity contribution in [1.29, 1.82) is 0 Å². The minimum atomic E-state index is -0.278. The van der Waals surface area contributed by atoms with Gasteiger partial charge in [0.2, 0.25) is 11.7 Å². The molecule has 2 aliphatic heterocycles. The molecule has 1 N–H and O–H groups in total. The number of piperazine rings is 1. The molecule has 2 aliphatic rings. The van der Waals surface area contributed by atoms with Crippen LogP contribution in [0.4, 0.5) is 17.3 Å². The van der Waals surface area contributed by atoms with E-state index in [2.05, 4.69) is 42.2 Å². The van der Waals surface area contributed by atoms with Crippen molar-refractivity contribution in [3.8, 4) is 5.69 Å². The summed E-state index contributed by atoms with van der Waals surface area (Å²) in [6.07, 6.45) is 7.58. The lowest BCUT2D eigenvalue weighted by molar-refractivity contribution is 0.231. The van der Waals surface area contributed by atoms with Gasteiger partial charge in [0, 0.05) is 55.6 Å². The molecule has 7 rings (SSSR count). The predicted octanol–water partition coefficient (Wildman–Crippen LogP) is 4.11. The highest BCUT2D eigenvalue weighted by molar-refractivity contribution is 6.32. The van der Waals surface area contributed by atoms with Gasteiger partial charge in [-0.2, -0.15) is 4.98 Å². The van der Waals surface area contributed by atoms with E-state index in [1.165, 1.54) is 29.6 Å². The van der Waals surface area contributed by atoms with Crippen LogP contribution in [0.2, 0.25) is 5.02 Å². The second-order valence-corrected chi connectivity index (χ2v) is 9.98. The third-order valence-electron chi connectivity index (χ3n) is 7.42. The molecule has 0 aliphatic carbocycles. The van der Waals surface area contributed by atoms with Gasteiger partial charge in [0.25, 0.3) is 5.56 Å². The van der Waals surface area contributed by atoms with E-state index in [0.717, 1.165) is 25.3 Å². The molecule has 0 radical (unpaired) electrons. The molecule has 186 valence electrons. The van der Waals surface area contributed by atoms with Crippen LogP contribution < -0.4 is 15.8 Å². The Kier molecular flexibility index (Phi) is 5.33. The Morgan fingerprint density at radius 1 is 1.00 bits per heavy atom. The van der Waals surface area contributed by atoms with Crippen LogP contribution in [0.5, 0.6) is 0 Å². The number of hydrogen-bond donors (Lipinski definition) is 1. The number of hydrogen-bond acceptors (Lipinski definition) is 7. The van der Waals surface area contributed by atoms with Crippen LogP contribution in [0.1, 0.15) is 12.8 Å². The fraction of sp³-hybridized carbons (Fsp3) is 0.259. The quantitative estimate of drug-likeness (QED) is 0.388. The van der Waals surface area contributed by atoms with Gasteiger partial charge in [0.1, 0.15) is 5.39 Å². The number of para-hydroxylation sites is 1. The summed E-state index contributed by atoms with van der Waals surface area (Å²) in [5, 5.41) is 4.11. The van der Waals surface area contributed by atoms with Crippen molar-refractivity contribution in [1.82, 2.24) is 28.8 Å². The monoisotopic (exact) mass is 512 g/mol. The van der Waals surface area contributed by atoms with Gasteiger partial charge in [-0.05, 0) is 55.8 Å². The predicted molar refractivity (Wildman–Crippen MR) is 145 cm³/mol. The van der Waals surface area contributed by atoms with Crippen LogP contribution >= 0.6 is 11.6 Å². The van der Waals surface area contributed by atoms with Gasteiger partial charge in [0.15, 0.2) is 5.65 Å². The molecular formula is C27H25ClN8O. The van der Waals surface area contributed by atoms with Crippen molar-refractivity contribution in [3.63, 3.8) is 0 Å². The zero-order valence-electron chi connectivity index (χ0n) is 20.1. The molecule has 37 heavy (non-hydrogen) atoms. The molecule has 2 aromatic carbocycles. The smallest absolute Gasteiger partial charge is 0.270 e. The van der Waals surface area contributed by atoms with Gasteiger partial charge in [-0.1, -0.05) is 23.7 Å². The Bertz CT molecular complexity index is 1680. The Morgan fingerprint density at radius 3 is 2.73 bits per heavy atom. The molecule has 9 nitrogen and oxygen atoms in total. The van der Waals surface area contributed by atoms with Crippen LogP contribution in [0.25, 0.3) is 22.5 Å². The fourth-order valence-corrected chi connectivity index (χ4v) is 5.79. The Labute approximate surface area is 218 Å². The van der Waals surface area contributed by atoms with E-state index in [9.17, 15) is 4.79 Å². The summed E-state index contributed by atoms with van der Waals surface area (Å²) >= 11 is 6.41. The van der Waals surface area contributed by atoms with E-state index < -0.39 is 0 Å². The maximum absolute atomic E-state index is 13.5. The van der Waals surface area contributed by atoms with Crippen molar-refractivity contribution in [2.24, 2.45) is 0 Å². The first-order valence-corrected chi connectivity index (χ1v) is 12.9. The lowest BCUT2D eigenvalue weighted by atomic mass is 10.1. The largest absolute Gasteiger partial charge is 0.369 e. The summed E-state index contributed by atoms with van der Waals surface area (Å²) in [5.41, 5.74) is 2.87. The van der Waals surface area contributed by atoms with Crippen molar-refractivity contribution < 1.29 is 0 Å². The summed E-state index contributed by atoms with van der Waals surface area (Å²) in [6.45, 7) is 4.53. The first-order valence-electron chi connectivity index (χ1n) is 12.5. The average molecular weight is 513 g/mol. The SMILES string of the molecule is O=c1c2cnc(Nc3ccc(N4CCN5CCC[C@@H]5C4)cc3)nc2n2ccnc2n1-c1ccccc1Cl. The van der Waals surface area contributed by atoms with Crippen molar-refractivity contribution in [3.05, 3.63) is 82.5 Å². The molecule has 0 unspecified atom stereocenters. The third kappa shape index (κ3) is 3.82. The normalized spacial score (nSPS) is 18.0. The van der Waals surface area contributed by atoms with Gasteiger partial charge >= 0.3 is 0 Å². The molecule has 2 fully saturated rings. The molecule has 5 heterocycles. The lowest BCUT2D eigenvalue weighted by Crippen LogP contribution is -2.50. The van der Waals surface area contributed by atoms with Crippen molar-refractivity contribution in [2.75, 3.05) is 36.4 Å². The van der Waals surface area contributed by atoms with Crippen LogP contribution in [0, 0.1) is 0 Å². The minimum absolute atomic E-state index is 0.278. The maximum Gasteiger partial charge on any atom is 0.270 e. The summed E-state index contributed by atoms with van der Waals surface area (Å²) < 4.78 is 3.27. The number of aromatic nitrogens is 5. The Hall–Kier alpha value is -3.95.